The Labute approximate surface area is 171 Å². The minimum atomic E-state index is -0.411. The van der Waals surface area contributed by atoms with Gasteiger partial charge in [-0.15, -0.1) is 0 Å². The second kappa shape index (κ2) is 8.39. The molecule has 2 bridgehead atoms. The van der Waals surface area contributed by atoms with E-state index in [0.29, 0.717) is 6.54 Å². The summed E-state index contributed by atoms with van der Waals surface area (Å²) < 4.78 is 5.29. The van der Waals surface area contributed by atoms with E-state index in [9.17, 15) is 14.4 Å². The number of benzene rings is 1. The highest BCUT2D eigenvalue weighted by Gasteiger charge is 2.59. The maximum Gasteiger partial charge on any atom is 0.409 e. The van der Waals surface area contributed by atoms with Crippen LogP contribution < -0.4 is 0 Å². The fraction of sp³-hybridized carbons (Fsp3) is 0.522. The highest BCUT2D eigenvalue weighted by molar-refractivity contribution is 6.06. The maximum atomic E-state index is 12.6. The van der Waals surface area contributed by atoms with E-state index in [2.05, 4.69) is 24.3 Å². The smallest absolute Gasteiger partial charge is 0.409 e. The molecule has 1 aromatic rings. The van der Waals surface area contributed by atoms with Gasteiger partial charge in [0.1, 0.15) is 6.61 Å². The van der Waals surface area contributed by atoms with Crippen molar-refractivity contribution in [1.29, 1.82) is 0 Å². The van der Waals surface area contributed by atoms with Crippen LogP contribution in [0.3, 0.4) is 0 Å². The lowest BCUT2D eigenvalue weighted by Gasteiger charge is -2.20. The summed E-state index contributed by atoms with van der Waals surface area (Å²) in [6.07, 6.45) is 7.54. The Balaban J connectivity index is 1.15. The highest BCUT2D eigenvalue weighted by atomic mass is 16.6. The standard InChI is InChI=1S/C23H28N2O4/c1-24(12-6-5-9-16-7-3-2-4-8-16)23(28)29-14-13-25-21(26)19-17-10-11-18(15-17)20(19)22(25)27/h2-4,7-8,10-11,17-20H,5-6,9,12-15H2,1H3/t17?,18?,19-,20+. The Morgan fingerprint density at radius 2 is 1.72 bits per heavy atom. The van der Waals surface area contributed by atoms with Gasteiger partial charge in [-0.1, -0.05) is 42.5 Å². The zero-order valence-electron chi connectivity index (χ0n) is 16.8. The molecule has 0 radical (unpaired) electrons. The number of carbonyl (C=O) groups excluding carboxylic acids is 3. The summed E-state index contributed by atoms with van der Waals surface area (Å²) in [6.45, 7) is 0.816. The minimum Gasteiger partial charge on any atom is -0.448 e. The van der Waals surface area contributed by atoms with Gasteiger partial charge >= 0.3 is 6.09 Å². The molecule has 4 atom stereocenters. The number of fused-ring (bicyclic) bond motifs is 5. The van der Waals surface area contributed by atoms with Crippen molar-refractivity contribution >= 4 is 17.9 Å². The van der Waals surface area contributed by atoms with Crippen LogP contribution in [-0.4, -0.2) is 54.5 Å². The van der Waals surface area contributed by atoms with Crippen molar-refractivity contribution in [2.75, 3.05) is 26.7 Å². The van der Waals surface area contributed by atoms with Gasteiger partial charge in [-0.05, 0) is 43.1 Å². The van der Waals surface area contributed by atoms with Gasteiger partial charge in [-0.3, -0.25) is 14.5 Å². The molecule has 1 aromatic carbocycles. The molecule has 2 aliphatic carbocycles. The fourth-order valence-electron chi connectivity index (χ4n) is 4.93. The monoisotopic (exact) mass is 396 g/mol. The molecule has 0 aromatic heterocycles. The van der Waals surface area contributed by atoms with Crippen molar-refractivity contribution in [2.24, 2.45) is 23.7 Å². The number of ether oxygens (including phenoxy) is 1. The molecule has 6 heteroatoms. The summed E-state index contributed by atoms with van der Waals surface area (Å²) in [5, 5.41) is 0. The number of rotatable bonds is 8. The van der Waals surface area contributed by atoms with Crippen molar-refractivity contribution in [3.63, 3.8) is 0 Å². The molecule has 2 unspecified atom stereocenters. The van der Waals surface area contributed by atoms with Gasteiger partial charge in [0.2, 0.25) is 11.8 Å². The van der Waals surface area contributed by atoms with Crippen LogP contribution in [0, 0.1) is 23.7 Å². The van der Waals surface area contributed by atoms with Crippen LogP contribution in [0.1, 0.15) is 24.8 Å². The summed E-state index contributed by atoms with van der Waals surface area (Å²) in [4.78, 5) is 40.2. The number of carbonyl (C=O) groups is 3. The molecule has 3 aliphatic rings. The van der Waals surface area contributed by atoms with Crippen LogP contribution in [0.25, 0.3) is 0 Å². The van der Waals surface area contributed by atoms with Crippen molar-refractivity contribution < 1.29 is 19.1 Å². The summed E-state index contributed by atoms with van der Waals surface area (Å²) in [6, 6.07) is 10.3. The normalized spacial score (nSPS) is 26.9. The molecule has 2 fully saturated rings. The molecule has 6 nitrogen and oxygen atoms in total. The van der Waals surface area contributed by atoms with Crippen molar-refractivity contribution in [1.82, 2.24) is 9.80 Å². The van der Waals surface area contributed by atoms with Crippen LogP contribution in [0.5, 0.6) is 0 Å². The first-order valence-electron chi connectivity index (χ1n) is 10.5. The Kier molecular flexibility index (Phi) is 5.69. The van der Waals surface area contributed by atoms with Gasteiger partial charge in [0, 0.05) is 13.6 Å². The Morgan fingerprint density at radius 3 is 2.38 bits per heavy atom. The quantitative estimate of drug-likeness (QED) is 0.385. The fourth-order valence-corrected chi connectivity index (χ4v) is 4.93. The number of nitrogens with zero attached hydrogens (tertiary/aromatic N) is 2. The van der Waals surface area contributed by atoms with E-state index in [1.165, 1.54) is 10.5 Å². The predicted molar refractivity (Wildman–Crippen MR) is 108 cm³/mol. The van der Waals surface area contributed by atoms with E-state index in [1.54, 1.807) is 11.9 Å². The lowest BCUT2D eigenvalue weighted by Crippen LogP contribution is -2.37. The lowest BCUT2D eigenvalue weighted by molar-refractivity contribution is -0.141. The molecule has 1 heterocycles. The molecule has 29 heavy (non-hydrogen) atoms. The molecular formula is C23H28N2O4. The Bertz CT molecular complexity index is 776. The second-order valence-corrected chi connectivity index (χ2v) is 8.31. The van der Waals surface area contributed by atoms with Gasteiger partial charge in [0.05, 0.1) is 18.4 Å². The third-order valence-electron chi connectivity index (χ3n) is 6.47. The largest absolute Gasteiger partial charge is 0.448 e. The van der Waals surface area contributed by atoms with Crippen molar-refractivity contribution in [3.05, 3.63) is 48.0 Å². The van der Waals surface area contributed by atoms with Crippen molar-refractivity contribution in [3.8, 4) is 0 Å². The van der Waals surface area contributed by atoms with Crippen LogP contribution in [0.4, 0.5) is 4.79 Å². The number of allylic oxidation sites excluding steroid dienone is 2. The summed E-state index contributed by atoms with van der Waals surface area (Å²) in [7, 11) is 1.71. The second-order valence-electron chi connectivity index (χ2n) is 8.31. The van der Waals surface area contributed by atoms with Gasteiger partial charge in [0.15, 0.2) is 0 Å². The number of aryl methyl sites for hydroxylation is 1. The number of hydrogen-bond acceptors (Lipinski definition) is 4. The molecule has 1 saturated carbocycles. The van der Waals surface area contributed by atoms with E-state index in [4.69, 9.17) is 4.74 Å². The van der Waals surface area contributed by atoms with E-state index in [-0.39, 0.29) is 48.6 Å². The zero-order valence-corrected chi connectivity index (χ0v) is 16.8. The zero-order chi connectivity index (χ0) is 20.4. The first kappa shape index (κ1) is 19.7. The molecule has 0 N–H and O–H groups in total. The van der Waals surface area contributed by atoms with Gasteiger partial charge < -0.3 is 9.64 Å². The number of imide groups is 1. The SMILES string of the molecule is CN(CCCCc1ccccc1)C(=O)OCCN1C(=O)[C@@H]2C3C=CC(C3)[C@@H]2C1=O. The van der Waals surface area contributed by atoms with Crippen LogP contribution >= 0.6 is 0 Å². The summed E-state index contributed by atoms with van der Waals surface area (Å²) in [5.74, 6) is -0.169. The first-order chi connectivity index (χ1) is 14.1. The molecular weight excluding hydrogens is 368 g/mol. The van der Waals surface area contributed by atoms with Gasteiger partial charge in [-0.25, -0.2) is 4.79 Å². The van der Waals surface area contributed by atoms with E-state index >= 15 is 0 Å². The topological polar surface area (TPSA) is 66.9 Å². The molecule has 4 rings (SSSR count). The van der Waals surface area contributed by atoms with Crippen molar-refractivity contribution in [2.45, 2.75) is 25.7 Å². The van der Waals surface area contributed by atoms with Gasteiger partial charge in [0.25, 0.3) is 0 Å². The summed E-state index contributed by atoms with van der Waals surface area (Å²) >= 11 is 0. The molecule has 3 amide bonds. The molecule has 1 aliphatic heterocycles. The third-order valence-corrected chi connectivity index (χ3v) is 6.47. The predicted octanol–water partition coefficient (Wildman–Crippen LogP) is 2.88. The lowest BCUT2D eigenvalue weighted by atomic mass is 9.85. The maximum absolute atomic E-state index is 12.6. The number of amides is 3. The Morgan fingerprint density at radius 1 is 1.07 bits per heavy atom. The average Bonchev–Trinajstić information content (AvgIpc) is 3.41. The number of unbranched alkanes of at least 4 members (excludes halogenated alkanes) is 1. The molecule has 1 saturated heterocycles. The summed E-state index contributed by atoms with van der Waals surface area (Å²) in [5.41, 5.74) is 1.30. The average molecular weight is 396 g/mol. The molecule has 154 valence electrons. The number of likely N-dealkylation sites (tertiary alicyclic amines) is 1. The van der Waals surface area contributed by atoms with E-state index < -0.39 is 6.09 Å². The van der Waals surface area contributed by atoms with Crippen LogP contribution in [0.15, 0.2) is 42.5 Å². The van der Waals surface area contributed by atoms with E-state index in [0.717, 1.165) is 25.7 Å². The molecule has 0 spiro atoms. The van der Waals surface area contributed by atoms with Crippen LogP contribution in [0.2, 0.25) is 0 Å². The van der Waals surface area contributed by atoms with E-state index in [1.807, 2.05) is 18.2 Å². The van der Waals surface area contributed by atoms with Crippen LogP contribution in [-0.2, 0) is 20.7 Å². The highest BCUT2D eigenvalue weighted by Crippen LogP contribution is 2.52. The van der Waals surface area contributed by atoms with Gasteiger partial charge in [-0.2, -0.15) is 0 Å². The number of hydrogen-bond donors (Lipinski definition) is 0. The Hall–Kier alpha value is -2.63. The minimum absolute atomic E-state index is 0.0485. The third kappa shape index (κ3) is 3.93. The first-order valence-corrected chi connectivity index (χ1v) is 10.5.